The molecule has 0 spiro atoms. The average Bonchev–Trinajstić information content (AvgIpc) is 3.28. The number of carbonyl (C=O) groups excluding carboxylic acids is 1. The molecule has 0 aliphatic carbocycles. The smallest absolute Gasteiger partial charge is 0.339 e. The van der Waals surface area contributed by atoms with E-state index in [1.807, 2.05) is 6.92 Å². The predicted octanol–water partition coefficient (Wildman–Crippen LogP) is 3.17. The van der Waals surface area contributed by atoms with Gasteiger partial charge < -0.3 is 23.9 Å². The lowest BCUT2D eigenvalue weighted by atomic mass is 10.1. The van der Waals surface area contributed by atoms with Crippen molar-refractivity contribution in [2.45, 2.75) is 37.3 Å². The van der Waals surface area contributed by atoms with E-state index in [0.29, 0.717) is 31.0 Å². The van der Waals surface area contributed by atoms with Crippen molar-refractivity contribution in [3.8, 4) is 11.5 Å². The topological polar surface area (TPSA) is 94.2 Å². The van der Waals surface area contributed by atoms with Crippen LogP contribution in [0, 0.1) is 0 Å². The van der Waals surface area contributed by atoms with E-state index in [-0.39, 0.29) is 29.3 Å². The van der Waals surface area contributed by atoms with E-state index in [1.54, 1.807) is 41.3 Å². The number of hydrogen-bond acceptors (Lipinski definition) is 6. The molecule has 168 valence electrons. The fourth-order valence-electron chi connectivity index (χ4n) is 3.35. The number of nitrogens with zero attached hydrogens (tertiary/aromatic N) is 1. The number of nitrogens with one attached hydrogen (secondary N) is 1. The first-order chi connectivity index (χ1) is 14.9. The molecular formula is C22H28N2O6S. The molecular weight excluding hydrogens is 420 g/mol. The summed E-state index contributed by atoms with van der Waals surface area (Å²) in [5, 5.41) is 2.80. The monoisotopic (exact) mass is 448 g/mol. The van der Waals surface area contributed by atoms with Gasteiger partial charge in [-0.15, -0.1) is 0 Å². The third kappa shape index (κ3) is 6.11. The first kappa shape index (κ1) is 22.9. The number of urea groups is 1. The van der Waals surface area contributed by atoms with Crippen molar-refractivity contribution in [3.63, 3.8) is 0 Å². The molecule has 1 atom stereocenters. The van der Waals surface area contributed by atoms with Gasteiger partial charge in [0, 0.05) is 25.3 Å². The highest BCUT2D eigenvalue weighted by Crippen LogP contribution is 2.26. The predicted molar refractivity (Wildman–Crippen MR) is 116 cm³/mol. The zero-order valence-corrected chi connectivity index (χ0v) is 18.6. The van der Waals surface area contributed by atoms with Crippen molar-refractivity contribution in [3.05, 3.63) is 54.1 Å². The van der Waals surface area contributed by atoms with Crippen LogP contribution >= 0.6 is 0 Å². The van der Waals surface area contributed by atoms with Crippen LogP contribution in [0.4, 0.5) is 4.79 Å². The molecule has 1 heterocycles. The molecule has 0 bridgehead atoms. The maximum absolute atomic E-state index is 12.8. The molecule has 0 aromatic heterocycles. The molecule has 1 N–H and O–H groups in total. The Kier molecular flexibility index (Phi) is 7.75. The lowest BCUT2D eigenvalue weighted by Crippen LogP contribution is -2.43. The van der Waals surface area contributed by atoms with Crippen LogP contribution in [0.15, 0.2) is 53.4 Å². The van der Waals surface area contributed by atoms with Gasteiger partial charge in [0.05, 0.1) is 19.8 Å². The van der Waals surface area contributed by atoms with Gasteiger partial charge in [0.1, 0.15) is 16.4 Å². The standard InChI is InChI=1S/C22H28N2O6S/c1-3-23-22(25)24(16-19-8-6-14-29-19)15-17-7-4-5-9-21(17)30-31(26,27)20-12-10-18(28-2)11-13-20/h4-5,7,9-13,19H,3,6,8,14-16H2,1-2H3,(H,23,25)/t19-/m1/s1. The minimum absolute atomic E-state index is 0.0167. The zero-order valence-electron chi connectivity index (χ0n) is 17.7. The molecule has 3 rings (SSSR count). The molecule has 1 fully saturated rings. The molecule has 31 heavy (non-hydrogen) atoms. The van der Waals surface area contributed by atoms with Crippen LogP contribution in [0.25, 0.3) is 0 Å². The van der Waals surface area contributed by atoms with Gasteiger partial charge in [0.2, 0.25) is 0 Å². The van der Waals surface area contributed by atoms with E-state index < -0.39 is 10.1 Å². The van der Waals surface area contributed by atoms with Gasteiger partial charge in [-0.25, -0.2) is 4.79 Å². The Morgan fingerprint density at radius 1 is 1.19 bits per heavy atom. The summed E-state index contributed by atoms with van der Waals surface area (Å²) in [5.41, 5.74) is 0.587. The number of para-hydroxylation sites is 1. The van der Waals surface area contributed by atoms with Gasteiger partial charge in [-0.2, -0.15) is 8.42 Å². The van der Waals surface area contributed by atoms with Gasteiger partial charge in [-0.1, -0.05) is 18.2 Å². The maximum Gasteiger partial charge on any atom is 0.339 e. The number of methoxy groups -OCH3 is 1. The molecule has 0 radical (unpaired) electrons. The molecule has 2 amide bonds. The van der Waals surface area contributed by atoms with Crippen LogP contribution in [0.1, 0.15) is 25.3 Å². The molecule has 1 aliphatic heterocycles. The largest absolute Gasteiger partial charge is 0.497 e. The summed E-state index contributed by atoms with van der Waals surface area (Å²) in [6.07, 6.45) is 1.83. The van der Waals surface area contributed by atoms with Gasteiger partial charge >= 0.3 is 16.1 Å². The number of benzene rings is 2. The summed E-state index contributed by atoms with van der Waals surface area (Å²) >= 11 is 0. The first-order valence-corrected chi connectivity index (χ1v) is 11.6. The first-order valence-electron chi connectivity index (χ1n) is 10.2. The van der Waals surface area contributed by atoms with Crippen LogP contribution in [0.2, 0.25) is 0 Å². The van der Waals surface area contributed by atoms with Gasteiger partial charge in [0.15, 0.2) is 0 Å². The van der Waals surface area contributed by atoms with Gasteiger partial charge in [-0.05, 0) is 50.1 Å². The van der Waals surface area contributed by atoms with Gasteiger partial charge in [-0.3, -0.25) is 0 Å². The van der Waals surface area contributed by atoms with E-state index in [4.69, 9.17) is 13.7 Å². The summed E-state index contributed by atoms with van der Waals surface area (Å²) < 4.78 is 41.8. The highest BCUT2D eigenvalue weighted by molar-refractivity contribution is 7.87. The van der Waals surface area contributed by atoms with Crippen LogP contribution in [-0.2, 0) is 21.4 Å². The van der Waals surface area contributed by atoms with Gasteiger partial charge in [0.25, 0.3) is 0 Å². The van der Waals surface area contributed by atoms with Crippen molar-refractivity contribution in [2.24, 2.45) is 0 Å². The Morgan fingerprint density at radius 3 is 2.58 bits per heavy atom. The normalized spacial score (nSPS) is 16.0. The van der Waals surface area contributed by atoms with Crippen molar-refractivity contribution in [2.75, 3.05) is 26.8 Å². The summed E-state index contributed by atoms with van der Waals surface area (Å²) in [5.74, 6) is 0.728. The quantitative estimate of drug-likeness (QED) is 0.592. The minimum Gasteiger partial charge on any atom is -0.497 e. The molecule has 0 saturated carbocycles. The lowest BCUT2D eigenvalue weighted by molar-refractivity contribution is 0.0794. The molecule has 2 aromatic rings. The second kappa shape index (κ2) is 10.5. The number of ether oxygens (including phenoxy) is 2. The summed E-state index contributed by atoms with van der Waals surface area (Å²) in [6.45, 7) is 3.64. The Balaban J connectivity index is 1.80. The average molecular weight is 449 g/mol. The molecule has 2 aromatic carbocycles. The van der Waals surface area contributed by atoms with Crippen LogP contribution < -0.4 is 14.2 Å². The van der Waals surface area contributed by atoms with E-state index >= 15 is 0 Å². The highest BCUT2D eigenvalue weighted by Gasteiger charge is 2.25. The Bertz CT molecular complexity index is 972. The fraction of sp³-hybridized carbons (Fsp3) is 0.409. The molecule has 0 unspecified atom stereocenters. The number of hydrogen-bond donors (Lipinski definition) is 1. The number of rotatable bonds is 9. The third-order valence-corrected chi connectivity index (χ3v) is 6.19. The number of amides is 2. The summed E-state index contributed by atoms with van der Waals surface area (Å²) in [4.78, 5) is 14.2. The third-order valence-electron chi connectivity index (χ3n) is 4.94. The van der Waals surface area contributed by atoms with Crippen molar-refractivity contribution in [1.82, 2.24) is 10.2 Å². The molecule has 9 heteroatoms. The van der Waals surface area contributed by atoms with E-state index in [0.717, 1.165) is 12.8 Å². The SMILES string of the molecule is CCNC(=O)N(Cc1ccccc1OS(=O)(=O)c1ccc(OC)cc1)C[C@H]1CCCO1. The van der Waals surface area contributed by atoms with E-state index in [2.05, 4.69) is 5.32 Å². The van der Waals surface area contributed by atoms with Crippen molar-refractivity contribution < 1.29 is 26.9 Å². The molecule has 1 aliphatic rings. The fourth-order valence-corrected chi connectivity index (χ4v) is 4.31. The van der Waals surface area contributed by atoms with Crippen LogP contribution in [-0.4, -0.2) is 52.3 Å². The molecule has 8 nitrogen and oxygen atoms in total. The summed E-state index contributed by atoms with van der Waals surface area (Å²) in [6, 6.07) is 12.5. The lowest BCUT2D eigenvalue weighted by Gasteiger charge is -2.26. The second-order valence-corrected chi connectivity index (χ2v) is 8.72. The Hall–Kier alpha value is -2.78. The maximum atomic E-state index is 12.8. The highest BCUT2D eigenvalue weighted by atomic mass is 32.2. The van der Waals surface area contributed by atoms with Crippen molar-refractivity contribution in [1.29, 1.82) is 0 Å². The second-order valence-electron chi connectivity index (χ2n) is 7.17. The minimum atomic E-state index is -4.05. The van der Waals surface area contributed by atoms with Crippen LogP contribution in [0.3, 0.4) is 0 Å². The van der Waals surface area contributed by atoms with Crippen LogP contribution in [0.5, 0.6) is 11.5 Å². The Labute approximate surface area is 183 Å². The van der Waals surface area contributed by atoms with Crippen molar-refractivity contribution >= 4 is 16.1 Å². The zero-order chi connectivity index (χ0) is 22.3. The number of carbonyl (C=O) groups is 1. The molecule has 1 saturated heterocycles. The Morgan fingerprint density at radius 2 is 1.94 bits per heavy atom. The van der Waals surface area contributed by atoms with E-state index in [1.165, 1.54) is 19.2 Å². The summed E-state index contributed by atoms with van der Waals surface area (Å²) in [7, 11) is -2.54. The van der Waals surface area contributed by atoms with E-state index in [9.17, 15) is 13.2 Å².